The average Bonchev–Trinajstić information content (AvgIpc) is 2.26. The number of hydrogen-bond acceptors (Lipinski definition) is 1. The number of urea groups is 1. The van der Waals surface area contributed by atoms with Gasteiger partial charge in [0.15, 0.2) is 0 Å². The standard InChI is InChI=1S/C12H17ClN2O/c1-12(2,8-15-11(16)14-3)9-4-6-10(13)7-5-9/h4-7H,8H2,1-3H3,(H2,14,15,16). The van der Waals surface area contributed by atoms with Gasteiger partial charge in [0.2, 0.25) is 0 Å². The summed E-state index contributed by atoms with van der Waals surface area (Å²) in [6.07, 6.45) is 0. The first kappa shape index (κ1) is 12.8. The van der Waals surface area contributed by atoms with Gasteiger partial charge in [-0.05, 0) is 17.7 Å². The van der Waals surface area contributed by atoms with Gasteiger partial charge in [-0.15, -0.1) is 0 Å². The molecule has 0 aliphatic carbocycles. The molecule has 1 rings (SSSR count). The molecule has 0 aromatic heterocycles. The van der Waals surface area contributed by atoms with Gasteiger partial charge in [-0.25, -0.2) is 4.79 Å². The van der Waals surface area contributed by atoms with Crippen molar-refractivity contribution in [2.24, 2.45) is 0 Å². The minimum absolute atomic E-state index is 0.114. The van der Waals surface area contributed by atoms with E-state index in [1.807, 2.05) is 24.3 Å². The minimum atomic E-state index is -0.165. The summed E-state index contributed by atoms with van der Waals surface area (Å²) in [5, 5.41) is 6.05. The van der Waals surface area contributed by atoms with Crippen LogP contribution in [-0.4, -0.2) is 19.6 Å². The van der Waals surface area contributed by atoms with Crippen molar-refractivity contribution in [2.75, 3.05) is 13.6 Å². The smallest absolute Gasteiger partial charge is 0.314 e. The summed E-state index contributed by atoms with van der Waals surface area (Å²) in [5.74, 6) is 0. The minimum Gasteiger partial charge on any atom is -0.341 e. The lowest BCUT2D eigenvalue weighted by atomic mass is 9.85. The van der Waals surface area contributed by atoms with Gasteiger partial charge in [-0.3, -0.25) is 0 Å². The van der Waals surface area contributed by atoms with Crippen molar-refractivity contribution in [1.82, 2.24) is 10.6 Å². The number of carbonyl (C=O) groups is 1. The van der Waals surface area contributed by atoms with Crippen molar-refractivity contribution in [3.63, 3.8) is 0 Å². The number of nitrogens with one attached hydrogen (secondary N) is 2. The van der Waals surface area contributed by atoms with E-state index in [9.17, 15) is 4.79 Å². The van der Waals surface area contributed by atoms with Crippen LogP contribution in [0.3, 0.4) is 0 Å². The maximum atomic E-state index is 11.1. The zero-order valence-electron chi connectivity index (χ0n) is 9.80. The van der Waals surface area contributed by atoms with E-state index in [4.69, 9.17) is 11.6 Å². The first-order valence-corrected chi connectivity index (χ1v) is 5.55. The maximum absolute atomic E-state index is 11.1. The highest BCUT2D eigenvalue weighted by Gasteiger charge is 2.20. The molecule has 88 valence electrons. The molecule has 0 atom stereocenters. The fraction of sp³-hybridized carbons (Fsp3) is 0.417. The van der Waals surface area contributed by atoms with Crippen molar-refractivity contribution < 1.29 is 4.79 Å². The molecule has 0 radical (unpaired) electrons. The van der Waals surface area contributed by atoms with Crippen LogP contribution in [0.2, 0.25) is 5.02 Å². The molecule has 0 unspecified atom stereocenters. The molecule has 2 N–H and O–H groups in total. The van der Waals surface area contributed by atoms with Gasteiger partial charge in [-0.2, -0.15) is 0 Å². The van der Waals surface area contributed by atoms with Gasteiger partial charge in [-0.1, -0.05) is 37.6 Å². The van der Waals surface area contributed by atoms with E-state index in [0.717, 1.165) is 10.6 Å². The van der Waals surface area contributed by atoms with Crippen LogP contribution in [-0.2, 0) is 5.41 Å². The molecule has 1 aromatic rings. The Hall–Kier alpha value is -1.22. The lowest BCUT2D eigenvalue weighted by molar-refractivity contribution is 0.240. The molecule has 0 saturated carbocycles. The Morgan fingerprint density at radius 3 is 2.38 bits per heavy atom. The summed E-state index contributed by atoms with van der Waals surface area (Å²) < 4.78 is 0. The Morgan fingerprint density at radius 1 is 1.31 bits per heavy atom. The molecule has 1 aromatic carbocycles. The summed E-state index contributed by atoms with van der Waals surface area (Å²) in [6.45, 7) is 4.73. The third kappa shape index (κ3) is 3.42. The highest BCUT2D eigenvalue weighted by atomic mass is 35.5. The molecule has 0 aliphatic heterocycles. The molecular formula is C12H17ClN2O. The average molecular weight is 241 g/mol. The highest BCUT2D eigenvalue weighted by Crippen LogP contribution is 2.23. The van der Waals surface area contributed by atoms with E-state index in [1.54, 1.807) is 7.05 Å². The Balaban J connectivity index is 2.69. The summed E-state index contributed by atoms with van der Waals surface area (Å²) in [6, 6.07) is 7.51. The number of hydrogen-bond donors (Lipinski definition) is 2. The van der Waals surface area contributed by atoms with E-state index < -0.39 is 0 Å². The van der Waals surface area contributed by atoms with Crippen LogP contribution >= 0.6 is 11.6 Å². The third-order valence-corrected chi connectivity index (χ3v) is 2.80. The van der Waals surface area contributed by atoms with Crippen LogP contribution in [0.4, 0.5) is 4.79 Å². The number of halogens is 1. The topological polar surface area (TPSA) is 41.1 Å². The number of benzene rings is 1. The normalized spacial score (nSPS) is 11.0. The SMILES string of the molecule is CNC(=O)NCC(C)(C)c1ccc(Cl)cc1. The Kier molecular flexibility index (Phi) is 4.19. The summed E-state index contributed by atoms with van der Waals surface area (Å²) in [7, 11) is 1.60. The highest BCUT2D eigenvalue weighted by molar-refractivity contribution is 6.30. The van der Waals surface area contributed by atoms with Gasteiger partial charge in [0.1, 0.15) is 0 Å². The fourth-order valence-electron chi connectivity index (χ4n) is 1.39. The van der Waals surface area contributed by atoms with Crippen molar-refractivity contribution >= 4 is 17.6 Å². The number of amides is 2. The van der Waals surface area contributed by atoms with Gasteiger partial charge >= 0.3 is 6.03 Å². The van der Waals surface area contributed by atoms with Crippen LogP contribution in [0, 0.1) is 0 Å². The molecule has 16 heavy (non-hydrogen) atoms. The second kappa shape index (κ2) is 5.21. The molecular weight excluding hydrogens is 224 g/mol. The zero-order valence-corrected chi connectivity index (χ0v) is 10.6. The monoisotopic (exact) mass is 240 g/mol. The van der Waals surface area contributed by atoms with Gasteiger partial charge < -0.3 is 10.6 Å². The van der Waals surface area contributed by atoms with Crippen LogP contribution < -0.4 is 10.6 Å². The van der Waals surface area contributed by atoms with Gasteiger partial charge in [0.05, 0.1) is 0 Å². The van der Waals surface area contributed by atoms with Crippen LogP contribution in [0.5, 0.6) is 0 Å². The molecule has 0 bridgehead atoms. The summed E-state index contributed by atoms with van der Waals surface area (Å²) in [5.41, 5.74) is 1.03. The predicted molar refractivity (Wildman–Crippen MR) is 66.9 cm³/mol. The van der Waals surface area contributed by atoms with Gasteiger partial charge in [0.25, 0.3) is 0 Å². The van der Waals surface area contributed by atoms with Crippen LogP contribution in [0.15, 0.2) is 24.3 Å². The lowest BCUT2D eigenvalue weighted by Crippen LogP contribution is -2.40. The predicted octanol–water partition coefficient (Wildman–Crippen LogP) is 2.55. The third-order valence-electron chi connectivity index (χ3n) is 2.54. The van der Waals surface area contributed by atoms with Crippen molar-refractivity contribution in [1.29, 1.82) is 0 Å². The molecule has 0 saturated heterocycles. The quantitative estimate of drug-likeness (QED) is 0.838. The first-order chi connectivity index (χ1) is 7.45. The summed E-state index contributed by atoms with van der Waals surface area (Å²) >= 11 is 5.83. The molecule has 0 aliphatic rings. The largest absolute Gasteiger partial charge is 0.341 e. The molecule has 4 heteroatoms. The van der Waals surface area contributed by atoms with E-state index in [1.165, 1.54) is 0 Å². The first-order valence-electron chi connectivity index (χ1n) is 5.17. The molecule has 0 fully saturated rings. The summed E-state index contributed by atoms with van der Waals surface area (Å²) in [4.78, 5) is 11.1. The maximum Gasteiger partial charge on any atom is 0.314 e. The lowest BCUT2D eigenvalue weighted by Gasteiger charge is -2.25. The van der Waals surface area contributed by atoms with E-state index in [-0.39, 0.29) is 11.4 Å². The second-order valence-corrected chi connectivity index (χ2v) is 4.76. The van der Waals surface area contributed by atoms with E-state index in [2.05, 4.69) is 24.5 Å². The van der Waals surface area contributed by atoms with Gasteiger partial charge in [0, 0.05) is 24.0 Å². The van der Waals surface area contributed by atoms with Crippen molar-refractivity contribution in [3.05, 3.63) is 34.9 Å². The number of carbonyl (C=O) groups excluding carboxylic acids is 1. The Morgan fingerprint density at radius 2 is 1.88 bits per heavy atom. The Bertz CT molecular complexity index is 360. The molecule has 0 spiro atoms. The second-order valence-electron chi connectivity index (χ2n) is 4.32. The van der Waals surface area contributed by atoms with Crippen LogP contribution in [0.25, 0.3) is 0 Å². The number of rotatable bonds is 3. The Labute approximate surface area is 101 Å². The fourth-order valence-corrected chi connectivity index (χ4v) is 1.52. The zero-order chi connectivity index (χ0) is 12.2. The molecule has 3 nitrogen and oxygen atoms in total. The molecule has 2 amide bonds. The van der Waals surface area contributed by atoms with Crippen molar-refractivity contribution in [2.45, 2.75) is 19.3 Å². The van der Waals surface area contributed by atoms with Crippen molar-refractivity contribution in [3.8, 4) is 0 Å². The molecule has 0 heterocycles. The van der Waals surface area contributed by atoms with E-state index >= 15 is 0 Å². The van der Waals surface area contributed by atoms with E-state index in [0.29, 0.717) is 6.54 Å². The van der Waals surface area contributed by atoms with Crippen LogP contribution in [0.1, 0.15) is 19.4 Å².